The molecule has 0 radical (unpaired) electrons. The van der Waals surface area contributed by atoms with Gasteiger partial charge in [-0.05, 0) is 30.3 Å². The van der Waals surface area contributed by atoms with Crippen LogP contribution in [0.25, 0.3) is 0 Å². The summed E-state index contributed by atoms with van der Waals surface area (Å²) in [6.07, 6.45) is 0.421. The van der Waals surface area contributed by atoms with Gasteiger partial charge in [0.1, 0.15) is 12.4 Å². The summed E-state index contributed by atoms with van der Waals surface area (Å²) in [7, 11) is 0. The monoisotopic (exact) mass is 378 g/mol. The number of carbonyl (C=O) groups excluding carboxylic acids is 1. The molecule has 0 bridgehead atoms. The number of amides is 1. The Bertz CT molecular complexity index is 767. The molecule has 2 aromatic rings. The van der Waals surface area contributed by atoms with Crippen molar-refractivity contribution in [1.29, 1.82) is 0 Å². The molecule has 3 rings (SSSR count). The molecule has 0 aromatic heterocycles. The molecule has 1 unspecified atom stereocenters. The molecule has 1 amide bonds. The lowest BCUT2D eigenvalue weighted by Crippen LogP contribution is -2.42. The van der Waals surface area contributed by atoms with E-state index in [-0.39, 0.29) is 12.2 Å². The zero-order chi connectivity index (χ0) is 16.2. The van der Waals surface area contributed by atoms with Crippen molar-refractivity contribution in [3.8, 4) is 11.5 Å². The molecular formula is C16H12BrFN2O3. The van der Waals surface area contributed by atoms with Gasteiger partial charge in [-0.2, -0.15) is 5.10 Å². The van der Waals surface area contributed by atoms with Crippen LogP contribution in [0, 0.1) is 5.82 Å². The van der Waals surface area contributed by atoms with Gasteiger partial charge >= 0.3 is 0 Å². The normalized spacial score (nSPS) is 16.3. The highest BCUT2D eigenvalue weighted by Gasteiger charge is 2.26. The average Bonchev–Trinajstić information content (AvgIpc) is 2.57. The number of ether oxygens (including phenoxy) is 2. The van der Waals surface area contributed by atoms with Crippen LogP contribution in [0.5, 0.6) is 11.5 Å². The van der Waals surface area contributed by atoms with Crippen molar-refractivity contribution in [2.24, 2.45) is 5.10 Å². The Labute approximate surface area is 140 Å². The second-order valence-electron chi connectivity index (χ2n) is 4.76. The van der Waals surface area contributed by atoms with E-state index in [4.69, 9.17) is 9.47 Å². The molecule has 1 N–H and O–H groups in total. The fourth-order valence-electron chi connectivity index (χ4n) is 2.00. The molecule has 5 nitrogen and oxygen atoms in total. The topological polar surface area (TPSA) is 59.9 Å². The third-order valence-electron chi connectivity index (χ3n) is 3.14. The summed E-state index contributed by atoms with van der Waals surface area (Å²) in [6.45, 7) is 0.0869. The van der Waals surface area contributed by atoms with Crippen molar-refractivity contribution in [3.63, 3.8) is 0 Å². The van der Waals surface area contributed by atoms with Gasteiger partial charge < -0.3 is 9.47 Å². The standard InChI is InChI=1S/C16H12BrFN2O3/c17-11-5-6-12(18)10(7-11)8-19-20-16(21)15-9-22-13-3-1-2-4-14(13)23-15/h1-8,15H,9H2,(H,20,21)/b19-8+. The van der Waals surface area contributed by atoms with Crippen molar-refractivity contribution in [3.05, 3.63) is 58.3 Å². The zero-order valence-corrected chi connectivity index (χ0v) is 13.4. The molecular weight excluding hydrogens is 367 g/mol. The minimum atomic E-state index is -0.811. The maximum absolute atomic E-state index is 13.5. The van der Waals surface area contributed by atoms with Crippen LogP contribution in [0.1, 0.15) is 5.56 Å². The van der Waals surface area contributed by atoms with Crippen LogP contribution in [0.4, 0.5) is 4.39 Å². The van der Waals surface area contributed by atoms with E-state index < -0.39 is 17.8 Å². The summed E-state index contributed by atoms with van der Waals surface area (Å²) in [5, 5.41) is 3.75. The third kappa shape index (κ3) is 3.68. The van der Waals surface area contributed by atoms with Crippen molar-refractivity contribution in [1.82, 2.24) is 5.43 Å². The number of hydrogen-bond donors (Lipinski definition) is 1. The Balaban J connectivity index is 1.62. The maximum atomic E-state index is 13.5. The van der Waals surface area contributed by atoms with Gasteiger partial charge in [0.05, 0.1) is 6.21 Å². The van der Waals surface area contributed by atoms with E-state index in [9.17, 15) is 9.18 Å². The van der Waals surface area contributed by atoms with Gasteiger partial charge in [-0.1, -0.05) is 28.1 Å². The molecule has 0 aliphatic carbocycles. The van der Waals surface area contributed by atoms with Crippen LogP contribution in [0.3, 0.4) is 0 Å². The molecule has 0 fully saturated rings. The summed E-state index contributed by atoms with van der Waals surface area (Å²) in [6, 6.07) is 11.5. The fourth-order valence-corrected chi connectivity index (χ4v) is 2.38. The van der Waals surface area contributed by atoms with Gasteiger partial charge in [0.25, 0.3) is 5.91 Å². The predicted molar refractivity (Wildman–Crippen MR) is 86.2 cm³/mol. The number of hydrazone groups is 1. The number of rotatable bonds is 3. The highest BCUT2D eigenvalue weighted by molar-refractivity contribution is 9.10. The largest absolute Gasteiger partial charge is 0.485 e. The number of para-hydroxylation sites is 2. The van der Waals surface area contributed by atoms with E-state index in [0.717, 1.165) is 0 Å². The molecule has 1 atom stereocenters. The summed E-state index contributed by atoms with van der Waals surface area (Å²) in [4.78, 5) is 12.0. The Hall–Kier alpha value is -2.41. The van der Waals surface area contributed by atoms with E-state index in [1.165, 1.54) is 12.3 Å². The second-order valence-corrected chi connectivity index (χ2v) is 5.68. The molecule has 0 saturated heterocycles. The third-order valence-corrected chi connectivity index (χ3v) is 3.63. The first-order valence-corrected chi connectivity index (χ1v) is 7.59. The lowest BCUT2D eigenvalue weighted by Gasteiger charge is -2.24. The highest BCUT2D eigenvalue weighted by Crippen LogP contribution is 2.30. The second kappa shape index (κ2) is 6.78. The lowest BCUT2D eigenvalue weighted by atomic mass is 10.2. The number of benzene rings is 2. The minimum Gasteiger partial charge on any atom is -0.485 e. The number of halogens is 2. The first-order valence-electron chi connectivity index (χ1n) is 6.80. The predicted octanol–water partition coefficient (Wildman–Crippen LogP) is 2.88. The SMILES string of the molecule is O=C(N/N=C/c1cc(Br)ccc1F)C1COc2ccccc2O1. The average molecular weight is 379 g/mol. The number of hydrogen-bond acceptors (Lipinski definition) is 4. The highest BCUT2D eigenvalue weighted by atomic mass is 79.9. The van der Waals surface area contributed by atoms with Crippen LogP contribution >= 0.6 is 15.9 Å². The van der Waals surface area contributed by atoms with E-state index in [0.29, 0.717) is 16.0 Å². The molecule has 1 aliphatic heterocycles. The van der Waals surface area contributed by atoms with Crippen molar-refractivity contribution >= 4 is 28.1 Å². The van der Waals surface area contributed by atoms with Crippen LogP contribution in [-0.2, 0) is 4.79 Å². The zero-order valence-electron chi connectivity index (χ0n) is 11.8. The van der Waals surface area contributed by atoms with E-state index in [2.05, 4.69) is 26.5 Å². The first-order chi connectivity index (χ1) is 11.1. The van der Waals surface area contributed by atoms with Crippen LogP contribution in [0.15, 0.2) is 52.0 Å². The molecule has 0 saturated carbocycles. The number of nitrogens with zero attached hydrogens (tertiary/aromatic N) is 1. The van der Waals surface area contributed by atoms with Gasteiger partial charge in [-0.15, -0.1) is 0 Å². The first kappa shape index (κ1) is 15.5. The van der Waals surface area contributed by atoms with Crippen molar-refractivity contribution < 1.29 is 18.7 Å². The van der Waals surface area contributed by atoms with Crippen LogP contribution < -0.4 is 14.9 Å². The molecule has 118 valence electrons. The van der Waals surface area contributed by atoms with E-state index in [1.54, 1.807) is 30.3 Å². The van der Waals surface area contributed by atoms with Crippen LogP contribution in [-0.4, -0.2) is 24.8 Å². The summed E-state index contributed by atoms with van der Waals surface area (Å²) in [5.41, 5.74) is 2.58. The van der Waals surface area contributed by atoms with Gasteiger partial charge in [0.2, 0.25) is 6.10 Å². The lowest BCUT2D eigenvalue weighted by molar-refractivity contribution is -0.130. The van der Waals surface area contributed by atoms with E-state index in [1.807, 2.05) is 6.07 Å². The van der Waals surface area contributed by atoms with Crippen molar-refractivity contribution in [2.45, 2.75) is 6.10 Å². The van der Waals surface area contributed by atoms with Gasteiger partial charge in [0, 0.05) is 10.0 Å². The fraction of sp³-hybridized carbons (Fsp3) is 0.125. The Morgan fingerprint density at radius 1 is 1.30 bits per heavy atom. The van der Waals surface area contributed by atoms with Gasteiger partial charge in [-0.3, -0.25) is 4.79 Å². The summed E-state index contributed by atoms with van der Waals surface area (Å²) < 4.78 is 25.3. The molecule has 1 heterocycles. The number of nitrogens with one attached hydrogen (secondary N) is 1. The van der Waals surface area contributed by atoms with Gasteiger partial charge in [0.15, 0.2) is 11.5 Å². The molecule has 0 spiro atoms. The molecule has 1 aliphatic rings. The molecule has 7 heteroatoms. The number of fused-ring (bicyclic) bond motifs is 1. The van der Waals surface area contributed by atoms with Crippen molar-refractivity contribution in [2.75, 3.05) is 6.61 Å². The molecule has 23 heavy (non-hydrogen) atoms. The van der Waals surface area contributed by atoms with E-state index >= 15 is 0 Å². The van der Waals surface area contributed by atoms with Crippen LogP contribution in [0.2, 0.25) is 0 Å². The van der Waals surface area contributed by atoms with Gasteiger partial charge in [-0.25, -0.2) is 9.82 Å². The Morgan fingerprint density at radius 3 is 2.91 bits per heavy atom. The summed E-state index contributed by atoms with van der Waals surface area (Å²) in [5.74, 6) is 0.195. The Kier molecular flexibility index (Phi) is 4.57. The smallest absolute Gasteiger partial charge is 0.284 e. The Morgan fingerprint density at radius 2 is 2.09 bits per heavy atom. The molecule has 2 aromatic carbocycles. The number of carbonyl (C=O) groups is 1. The quantitative estimate of drug-likeness (QED) is 0.659. The summed E-state index contributed by atoms with van der Waals surface area (Å²) >= 11 is 3.24. The minimum absolute atomic E-state index is 0.0869. The maximum Gasteiger partial charge on any atom is 0.284 e.